The predicted molar refractivity (Wildman–Crippen MR) is 84.2 cm³/mol. The summed E-state index contributed by atoms with van der Waals surface area (Å²) < 4.78 is 1.66. The molecule has 1 amide bonds. The van der Waals surface area contributed by atoms with Gasteiger partial charge in [-0.3, -0.25) is 0 Å². The molecule has 0 saturated heterocycles. The maximum Gasteiger partial charge on any atom is 0.373 e. The third-order valence-corrected chi connectivity index (χ3v) is 3.32. The zero-order chi connectivity index (χ0) is 16.3. The van der Waals surface area contributed by atoms with Crippen molar-refractivity contribution in [1.29, 1.82) is 0 Å². The number of nitrogens with two attached hydrogens (primary N) is 1. The minimum atomic E-state index is -0.648. The fraction of sp³-hybridized carbons (Fsp3) is 0.400. The van der Waals surface area contributed by atoms with E-state index in [-0.39, 0.29) is 0 Å². The van der Waals surface area contributed by atoms with Gasteiger partial charge >= 0.3 is 11.7 Å². The van der Waals surface area contributed by atoms with Crippen molar-refractivity contribution >= 4 is 6.03 Å². The first-order valence-corrected chi connectivity index (χ1v) is 7.16. The van der Waals surface area contributed by atoms with Crippen LogP contribution in [0.15, 0.2) is 35.1 Å². The molecule has 3 N–H and O–H groups in total. The normalized spacial score (nSPS) is 11.4. The van der Waals surface area contributed by atoms with Gasteiger partial charge in [-0.1, -0.05) is 37.3 Å². The molecular weight excluding hydrogens is 282 g/mol. The molecule has 0 unspecified atom stereocenters. The van der Waals surface area contributed by atoms with Gasteiger partial charge in [-0.05, 0) is 25.8 Å². The molecular formula is C15H21N5O2. The maximum absolute atomic E-state index is 12.3. The van der Waals surface area contributed by atoms with Crippen molar-refractivity contribution in [2.75, 3.05) is 5.84 Å². The van der Waals surface area contributed by atoms with Crippen LogP contribution in [0.25, 0.3) is 0 Å². The molecule has 1 aromatic carbocycles. The Morgan fingerprint density at radius 2 is 1.95 bits per heavy atom. The zero-order valence-corrected chi connectivity index (χ0v) is 13.0. The summed E-state index contributed by atoms with van der Waals surface area (Å²) in [6.07, 6.45) is 1.11. The molecule has 2 rings (SSSR count). The Morgan fingerprint density at radius 3 is 2.50 bits per heavy atom. The first kappa shape index (κ1) is 15.8. The van der Waals surface area contributed by atoms with Gasteiger partial charge in [0, 0.05) is 12.0 Å². The monoisotopic (exact) mass is 303 g/mol. The number of nitrogens with zero attached hydrogens (tertiary/aromatic N) is 3. The van der Waals surface area contributed by atoms with Crippen LogP contribution in [-0.4, -0.2) is 26.0 Å². The molecule has 0 bridgehead atoms. The molecule has 7 nitrogen and oxygen atoms in total. The van der Waals surface area contributed by atoms with Crippen molar-refractivity contribution in [3.63, 3.8) is 0 Å². The second-order valence-corrected chi connectivity index (χ2v) is 5.81. The second-order valence-electron chi connectivity index (χ2n) is 5.81. The Kier molecular flexibility index (Phi) is 4.35. The molecule has 22 heavy (non-hydrogen) atoms. The molecule has 0 aliphatic rings. The van der Waals surface area contributed by atoms with Crippen molar-refractivity contribution in [2.24, 2.45) is 0 Å². The van der Waals surface area contributed by atoms with Gasteiger partial charge in [0.15, 0.2) is 5.82 Å². The highest BCUT2D eigenvalue weighted by atomic mass is 16.2. The van der Waals surface area contributed by atoms with E-state index >= 15 is 0 Å². The molecule has 118 valence electrons. The van der Waals surface area contributed by atoms with Crippen molar-refractivity contribution in [1.82, 2.24) is 19.8 Å². The summed E-state index contributed by atoms with van der Waals surface area (Å²) in [6, 6.07) is 9.23. The topological polar surface area (TPSA) is 94.9 Å². The first-order valence-electron chi connectivity index (χ1n) is 7.16. The van der Waals surface area contributed by atoms with Crippen LogP contribution < -0.4 is 16.8 Å². The van der Waals surface area contributed by atoms with E-state index in [0.29, 0.717) is 18.7 Å². The van der Waals surface area contributed by atoms with Gasteiger partial charge in [-0.15, -0.1) is 9.78 Å². The van der Waals surface area contributed by atoms with Crippen LogP contribution in [0.1, 0.15) is 32.2 Å². The maximum atomic E-state index is 12.3. The van der Waals surface area contributed by atoms with E-state index in [2.05, 4.69) is 10.4 Å². The van der Waals surface area contributed by atoms with Gasteiger partial charge in [0.2, 0.25) is 0 Å². The Labute approximate surface area is 128 Å². The molecule has 0 aliphatic carbocycles. The number of hydrogen-bond donors (Lipinski definition) is 2. The number of benzene rings is 1. The smallest absolute Gasteiger partial charge is 0.333 e. The van der Waals surface area contributed by atoms with Crippen molar-refractivity contribution in [3.05, 3.63) is 52.2 Å². The van der Waals surface area contributed by atoms with E-state index < -0.39 is 17.3 Å². The number of amides is 1. The van der Waals surface area contributed by atoms with Gasteiger partial charge < -0.3 is 11.2 Å². The van der Waals surface area contributed by atoms with Gasteiger partial charge in [-0.25, -0.2) is 9.59 Å². The Hall–Kier alpha value is -2.57. The van der Waals surface area contributed by atoms with E-state index in [4.69, 9.17) is 5.84 Å². The SMILES string of the molecule is CCc1nn(C(=O)NC(C)(C)Cc2ccccc2)c(=O)n1N. The lowest BCUT2D eigenvalue weighted by atomic mass is 9.95. The Bertz CT molecular complexity index is 715. The highest BCUT2D eigenvalue weighted by molar-refractivity contribution is 5.76. The van der Waals surface area contributed by atoms with Crippen LogP contribution in [0.4, 0.5) is 4.79 Å². The van der Waals surface area contributed by atoms with Crippen LogP contribution in [0.5, 0.6) is 0 Å². The van der Waals surface area contributed by atoms with Crippen molar-refractivity contribution < 1.29 is 4.79 Å². The molecule has 0 aliphatic heterocycles. The molecule has 1 aromatic heterocycles. The second kappa shape index (κ2) is 6.05. The number of rotatable bonds is 4. The average molecular weight is 303 g/mol. The first-order chi connectivity index (χ1) is 10.3. The van der Waals surface area contributed by atoms with E-state index in [1.807, 2.05) is 51.1 Å². The predicted octanol–water partition coefficient (Wildman–Crippen LogP) is 0.900. The van der Waals surface area contributed by atoms with Crippen molar-refractivity contribution in [2.45, 2.75) is 39.2 Å². The number of nitrogen functional groups attached to an aromatic ring is 1. The number of hydrogen-bond acceptors (Lipinski definition) is 4. The lowest BCUT2D eigenvalue weighted by molar-refractivity contribution is 0.227. The fourth-order valence-corrected chi connectivity index (χ4v) is 2.28. The summed E-state index contributed by atoms with van der Waals surface area (Å²) in [6.45, 7) is 5.60. The van der Waals surface area contributed by atoms with Crippen LogP contribution in [0.2, 0.25) is 0 Å². The number of aromatic nitrogens is 3. The highest BCUT2D eigenvalue weighted by Gasteiger charge is 2.24. The number of nitrogens with one attached hydrogen (secondary N) is 1. The minimum Gasteiger partial charge on any atom is -0.333 e. The molecule has 0 radical (unpaired) electrons. The minimum absolute atomic E-state index is 0.362. The zero-order valence-electron chi connectivity index (χ0n) is 13.0. The standard InChI is InChI=1S/C15H21N5O2/c1-4-12-18-20(14(22)19(12)16)13(21)17-15(2,3)10-11-8-6-5-7-9-11/h5-9H,4,10,16H2,1-3H3,(H,17,21). The van der Waals surface area contributed by atoms with Crippen molar-refractivity contribution in [3.8, 4) is 0 Å². The largest absolute Gasteiger partial charge is 0.373 e. The third kappa shape index (κ3) is 3.36. The summed E-state index contributed by atoms with van der Waals surface area (Å²) in [5.74, 6) is 5.94. The number of carbonyl (C=O) groups excluding carboxylic acids is 1. The summed E-state index contributed by atoms with van der Waals surface area (Å²) in [5.41, 5.74) is -0.0774. The van der Waals surface area contributed by atoms with Gasteiger partial charge in [0.25, 0.3) is 0 Å². The number of carbonyl (C=O) groups is 1. The summed E-state index contributed by atoms with van der Waals surface area (Å²) in [5, 5.41) is 6.77. The molecule has 1 heterocycles. The fourth-order valence-electron chi connectivity index (χ4n) is 2.28. The van der Waals surface area contributed by atoms with Gasteiger partial charge in [0.1, 0.15) is 0 Å². The van der Waals surface area contributed by atoms with Crippen LogP contribution >= 0.6 is 0 Å². The van der Waals surface area contributed by atoms with Crippen LogP contribution in [0.3, 0.4) is 0 Å². The molecule has 0 fully saturated rings. The molecule has 2 aromatic rings. The molecule has 0 atom stereocenters. The lowest BCUT2D eigenvalue weighted by Gasteiger charge is -2.25. The molecule has 0 saturated carbocycles. The lowest BCUT2D eigenvalue weighted by Crippen LogP contribution is -2.50. The molecule has 7 heteroatoms. The summed E-state index contributed by atoms with van der Waals surface area (Å²) >= 11 is 0. The summed E-state index contributed by atoms with van der Waals surface area (Å²) in [7, 11) is 0. The van der Waals surface area contributed by atoms with Gasteiger partial charge in [-0.2, -0.15) is 4.68 Å². The van der Waals surface area contributed by atoms with Gasteiger partial charge in [0.05, 0.1) is 0 Å². The van der Waals surface area contributed by atoms with E-state index in [1.54, 1.807) is 0 Å². The quantitative estimate of drug-likeness (QED) is 0.820. The van der Waals surface area contributed by atoms with E-state index in [1.165, 1.54) is 0 Å². The summed E-state index contributed by atoms with van der Waals surface area (Å²) in [4.78, 5) is 24.2. The van der Waals surface area contributed by atoms with E-state index in [9.17, 15) is 9.59 Å². The number of aryl methyl sites for hydroxylation is 1. The van der Waals surface area contributed by atoms with Crippen LogP contribution in [-0.2, 0) is 12.8 Å². The van der Waals surface area contributed by atoms with Crippen LogP contribution in [0, 0.1) is 0 Å². The Balaban J connectivity index is 2.15. The average Bonchev–Trinajstić information content (AvgIpc) is 2.75. The third-order valence-electron chi connectivity index (χ3n) is 3.32. The Morgan fingerprint density at radius 1 is 1.32 bits per heavy atom. The highest BCUT2D eigenvalue weighted by Crippen LogP contribution is 2.12. The van der Waals surface area contributed by atoms with E-state index in [0.717, 1.165) is 14.9 Å². The molecule has 0 spiro atoms.